The average molecular weight is 372 g/mol. The van der Waals surface area contributed by atoms with Gasteiger partial charge in [0.1, 0.15) is 5.82 Å². The van der Waals surface area contributed by atoms with Gasteiger partial charge in [0.15, 0.2) is 0 Å². The quantitative estimate of drug-likeness (QED) is 0.866. The van der Waals surface area contributed by atoms with Crippen molar-refractivity contribution in [1.29, 1.82) is 0 Å². The fourth-order valence-corrected chi connectivity index (χ4v) is 5.25. The summed E-state index contributed by atoms with van der Waals surface area (Å²) in [5.41, 5.74) is 2.05. The lowest BCUT2D eigenvalue weighted by Crippen LogP contribution is -2.38. The van der Waals surface area contributed by atoms with Crippen molar-refractivity contribution < 1.29 is 8.42 Å². The third kappa shape index (κ3) is 3.48. The smallest absolute Gasteiger partial charge is 0.243 e. The Morgan fingerprint density at radius 1 is 1.08 bits per heavy atom. The molecule has 1 aromatic carbocycles. The second-order valence-corrected chi connectivity index (χ2v) is 9.19. The van der Waals surface area contributed by atoms with Gasteiger partial charge in [-0.05, 0) is 50.8 Å². The predicted octanol–water partition coefficient (Wildman–Crippen LogP) is 3.88. The van der Waals surface area contributed by atoms with Crippen LogP contribution in [0.25, 0.3) is 0 Å². The number of rotatable bonds is 5. The van der Waals surface area contributed by atoms with Crippen molar-refractivity contribution in [1.82, 2.24) is 9.29 Å². The number of aryl methyl sites for hydroxylation is 1. The Bertz CT molecular complexity index is 876. The van der Waals surface area contributed by atoms with Crippen LogP contribution < -0.4 is 5.32 Å². The molecule has 2 heterocycles. The van der Waals surface area contributed by atoms with Gasteiger partial charge in [-0.15, -0.1) is 0 Å². The number of nitrogens with zero attached hydrogens (tertiary/aromatic N) is 2. The van der Waals surface area contributed by atoms with Crippen LogP contribution in [0.3, 0.4) is 0 Å². The summed E-state index contributed by atoms with van der Waals surface area (Å²) in [4.78, 5) is 4.87. The number of hydrogen-bond acceptors (Lipinski definition) is 4. The van der Waals surface area contributed by atoms with Crippen LogP contribution in [-0.4, -0.2) is 30.3 Å². The molecule has 0 amide bonds. The first-order valence-electron chi connectivity index (χ1n) is 9.36. The Hall–Kier alpha value is -1.92. The van der Waals surface area contributed by atoms with Crippen molar-refractivity contribution in [3.63, 3.8) is 0 Å². The normalized spacial score (nSPS) is 21.5. The van der Waals surface area contributed by atoms with E-state index >= 15 is 0 Å². The molecule has 0 radical (unpaired) electrons. The van der Waals surface area contributed by atoms with E-state index in [1.54, 1.807) is 22.6 Å². The number of anilines is 1. The zero-order valence-electron chi connectivity index (χ0n) is 15.1. The van der Waals surface area contributed by atoms with Gasteiger partial charge in [0, 0.05) is 24.3 Å². The minimum atomic E-state index is -3.53. The molecule has 2 fully saturated rings. The Morgan fingerprint density at radius 3 is 2.58 bits per heavy atom. The van der Waals surface area contributed by atoms with Crippen LogP contribution in [0.15, 0.2) is 47.5 Å². The largest absolute Gasteiger partial charge is 0.367 e. The number of pyridine rings is 1. The third-order valence-electron chi connectivity index (χ3n) is 5.20. The van der Waals surface area contributed by atoms with Crippen LogP contribution in [0.1, 0.15) is 49.3 Å². The van der Waals surface area contributed by atoms with Gasteiger partial charge >= 0.3 is 0 Å². The van der Waals surface area contributed by atoms with Gasteiger partial charge in [-0.2, -0.15) is 4.31 Å². The van der Waals surface area contributed by atoms with Crippen LogP contribution in [-0.2, 0) is 10.0 Å². The molecule has 1 aromatic heterocycles. The molecule has 138 valence electrons. The number of piperidine rings is 1. The van der Waals surface area contributed by atoms with E-state index in [2.05, 4.69) is 10.3 Å². The van der Waals surface area contributed by atoms with Gasteiger partial charge in [0.2, 0.25) is 10.0 Å². The SMILES string of the molecule is Cc1ccc(S(=O)(=O)N2CCCC[C@H]2c2cccnc2NC2CC2)cc1. The first-order chi connectivity index (χ1) is 12.6. The van der Waals surface area contributed by atoms with Crippen molar-refractivity contribution >= 4 is 15.8 Å². The van der Waals surface area contributed by atoms with Gasteiger partial charge in [0.05, 0.1) is 10.9 Å². The topological polar surface area (TPSA) is 62.3 Å². The first-order valence-corrected chi connectivity index (χ1v) is 10.8. The molecule has 2 aliphatic rings. The van der Waals surface area contributed by atoms with E-state index in [1.807, 2.05) is 31.2 Å². The molecule has 0 spiro atoms. The molecule has 0 bridgehead atoms. The summed E-state index contributed by atoms with van der Waals surface area (Å²) in [5.74, 6) is 0.839. The number of benzene rings is 1. The maximum Gasteiger partial charge on any atom is 0.243 e. The zero-order valence-corrected chi connectivity index (χ0v) is 15.9. The molecule has 1 saturated carbocycles. The lowest BCUT2D eigenvalue weighted by Gasteiger charge is -2.35. The molecule has 6 heteroatoms. The molecule has 1 aliphatic heterocycles. The number of hydrogen-bond donors (Lipinski definition) is 1. The Balaban J connectivity index is 1.70. The summed E-state index contributed by atoms with van der Waals surface area (Å²) >= 11 is 0. The van der Waals surface area contributed by atoms with Gasteiger partial charge in [-0.25, -0.2) is 13.4 Å². The van der Waals surface area contributed by atoms with E-state index in [1.165, 1.54) is 0 Å². The van der Waals surface area contributed by atoms with Crippen LogP contribution in [0.2, 0.25) is 0 Å². The molecule has 1 saturated heterocycles. The Labute approximate surface area is 155 Å². The fraction of sp³-hybridized carbons (Fsp3) is 0.450. The van der Waals surface area contributed by atoms with Gasteiger partial charge in [0.25, 0.3) is 0 Å². The molecule has 1 N–H and O–H groups in total. The van der Waals surface area contributed by atoms with Crippen molar-refractivity contribution in [2.45, 2.75) is 56.0 Å². The van der Waals surface area contributed by atoms with Crippen LogP contribution in [0.5, 0.6) is 0 Å². The molecule has 5 nitrogen and oxygen atoms in total. The van der Waals surface area contributed by atoms with E-state index in [4.69, 9.17) is 0 Å². The maximum absolute atomic E-state index is 13.3. The molecule has 1 aliphatic carbocycles. The van der Waals surface area contributed by atoms with Gasteiger partial charge in [-0.1, -0.05) is 30.2 Å². The molecular formula is C20H25N3O2S. The Morgan fingerprint density at radius 2 is 1.85 bits per heavy atom. The van der Waals surface area contributed by atoms with E-state index in [0.29, 0.717) is 17.5 Å². The second kappa shape index (κ2) is 7.00. The minimum absolute atomic E-state index is 0.162. The Kier molecular flexibility index (Phi) is 4.71. The van der Waals surface area contributed by atoms with Crippen LogP contribution >= 0.6 is 0 Å². The molecule has 4 rings (SSSR count). The summed E-state index contributed by atoms with van der Waals surface area (Å²) in [6, 6.07) is 11.4. The van der Waals surface area contributed by atoms with Crippen molar-refractivity contribution in [3.8, 4) is 0 Å². The molecule has 0 unspecified atom stereocenters. The van der Waals surface area contributed by atoms with E-state index in [9.17, 15) is 8.42 Å². The standard InChI is InChI=1S/C20H25N3O2S/c1-15-7-11-17(12-8-15)26(24,25)23-14-3-2-6-19(23)18-5-4-13-21-20(18)22-16-9-10-16/h4-5,7-8,11-13,16,19H,2-3,6,9-10,14H2,1H3,(H,21,22)/t19-/m0/s1. The van der Waals surface area contributed by atoms with Crippen molar-refractivity contribution in [2.24, 2.45) is 0 Å². The van der Waals surface area contributed by atoms with Gasteiger partial charge in [-0.3, -0.25) is 0 Å². The molecule has 2 aromatic rings. The fourth-order valence-electron chi connectivity index (χ4n) is 3.58. The van der Waals surface area contributed by atoms with E-state index < -0.39 is 10.0 Å². The lowest BCUT2D eigenvalue weighted by atomic mass is 9.98. The first kappa shape index (κ1) is 17.5. The third-order valence-corrected chi connectivity index (χ3v) is 7.12. The maximum atomic E-state index is 13.3. The number of nitrogens with one attached hydrogen (secondary N) is 1. The summed E-state index contributed by atoms with van der Waals surface area (Å²) in [6.45, 7) is 2.52. The second-order valence-electron chi connectivity index (χ2n) is 7.30. The highest BCUT2D eigenvalue weighted by atomic mass is 32.2. The summed E-state index contributed by atoms with van der Waals surface area (Å²) in [5, 5.41) is 3.47. The van der Waals surface area contributed by atoms with E-state index in [0.717, 1.165) is 49.0 Å². The molecular weight excluding hydrogens is 346 g/mol. The van der Waals surface area contributed by atoms with Crippen molar-refractivity contribution in [2.75, 3.05) is 11.9 Å². The van der Waals surface area contributed by atoms with Crippen molar-refractivity contribution in [3.05, 3.63) is 53.7 Å². The zero-order chi connectivity index (χ0) is 18.1. The predicted molar refractivity (Wildman–Crippen MR) is 103 cm³/mol. The minimum Gasteiger partial charge on any atom is -0.367 e. The van der Waals surface area contributed by atoms with Crippen LogP contribution in [0, 0.1) is 6.92 Å². The highest BCUT2D eigenvalue weighted by molar-refractivity contribution is 7.89. The summed E-state index contributed by atoms with van der Waals surface area (Å²) in [6.07, 6.45) is 6.85. The van der Waals surface area contributed by atoms with Crippen LogP contribution in [0.4, 0.5) is 5.82 Å². The lowest BCUT2D eigenvalue weighted by molar-refractivity contribution is 0.256. The summed E-state index contributed by atoms with van der Waals surface area (Å²) < 4.78 is 28.3. The number of sulfonamides is 1. The molecule has 26 heavy (non-hydrogen) atoms. The van der Waals surface area contributed by atoms with E-state index in [-0.39, 0.29) is 6.04 Å². The average Bonchev–Trinajstić information content (AvgIpc) is 3.47. The van der Waals surface area contributed by atoms with Gasteiger partial charge < -0.3 is 5.32 Å². The number of aromatic nitrogens is 1. The highest BCUT2D eigenvalue weighted by Crippen LogP contribution is 2.38. The highest BCUT2D eigenvalue weighted by Gasteiger charge is 2.36. The summed E-state index contributed by atoms with van der Waals surface area (Å²) in [7, 11) is -3.53. The molecule has 1 atom stereocenters. The monoisotopic (exact) mass is 371 g/mol.